The van der Waals surface area contributed by atoms with Gasteiger partial charge in [-0.15, -0.1) is 24.0 Å². The summed E-state index contributed by atoms with van der Waals surface area (Å²) in [6, 6.07) is 0. The molecule has 3 aliphatic heterocycles. The van der Waals surface area contributed by atoms with Gasteiger partial charge in [-0.25, -0.2) is 0 Å². The van der Waals surface area contributed by atoms with Crippen LogP contribution in [0, 0.1) is 5.41 Å². The lowest BCUT2D eigenvalue weighted by Gasteiger charge is -2.40. The van der Waals surface area contributed by atoms with Crippen LogP contribution in [-0.2, 0) is 4.79 Å². The molecule has 0 aliphatic carbocycles. The zero-order valence-electron chi connectivity index (χ0n) is 16.3. The molecule has 3 aliphatic rings. The van der Waals surface area contributed by atoms with Crippen molar-refractivity contribution >= 4 is 35.8 Å². The summed E-state index contributed by atoms with van der Waals surface area (Å²) in [5.41, 5.74) is 0.121. The standard InChI is InChI=1S/C19H35N5O.HI/c1-2-20-18(21-9-13-23-10-5-3-4-6-11-23)24-12-7-8-19(16-24)14-17(25)22-15-19;/h2-16H2,1H3,(H,20,21)(H,22,25);1H. The van der Waals surface area contributed by atoms with Crippen LogP contribution in [-0.4, -0.2) is 74.0 Å². The molecule has 2 N–H and O–H groups in total. The monoisotopic (exact) mass is 477 g/mol. The van der Waals surface area contributed by atoms with E-state index in [1.165, 1.54) is 38.8 Å². The molecule has 0 aromatic heterocycles. The van der Waals surface area contributed by atoms with Gasteiger partial charge in [0.25, 0.3) is 0 Å². The van der Waals surface area contributed by atoms with Gasteiger partial charge in [0.1, 0.15) is 0 Å². The number of amides is 1. The first-order chi connectivity index (χ1) is 12.2. The molecule has 1 atom stereocenters. The molecule has 26 heavy (non-hydrogen) atoms. The van der Waals surface area contributed by atoms with E-state index in [9.17, 15) is 4.79 Å². The summed E-state index contributed by atoms with van der Waals surface area (Å²) in [5, 5.41) is 6.50. The SMILES string of the molecule is CCNC(=NCCN1CCCCCC1)N1CCCC2(CNC(=O)C2)C1.I. The molecule has 6 nitrogen and oxygen atoms in total. The zero-order chi connectivity index (χ0) is 17.5. The molecule has 7 heteroatoms. The fourth-order valence-corrected chi connectivity index (χ4v) is 4.51. The van der Waals surface area contributed by atoms with Crippen molar-refractivity contribution in [1.29, 1.82) is 0 Å². The first-order valence-corrected chi connectivity index (χ1v) is 10.2. The minimum Gasteiger partial charge on any atom is -0.357 e. The van der Waals surface area contributed by atoms with E-state index in [1.54, 1.807) is 0 Å². The van der Waals surface area contributed by atoms with Crippen LogP contribution < -0.4 is 10.6 Å². The van der Waals surface area contributed by atoms with Crippen LogP contribution in [0.25, 0.3) is 0 Å². The van der Waals surface area contributed by atoms with E-state index < -0.39 is 0 Å². The number of piperidine rings is 1. The quantitative estimate of drug-likeness (QED) is 0.370. The van der Waals surface area contributed by atoms with Crippen molar-refractivity contribution in [2.75, 3.05) is 52.4 Å². The zero-order valence-corrected chi connectivity index (χ0v) is 18.6. The molecular formula is C19H36IN5O. The normalized spacial score (nSPS) is 27.8. The van der Waals surface area contributed by atoms with Crippen molar-refractivity contribution in [3.8, 4) is 0 Å². The molecule has 0 aromatic rings. The van der Waals surface area contributed by atoms with Gasteiger partial charge in [-0.2, -0.15) is 0 Å². The fraction of sp³-hybridized carbons (Fsp3) is 0.895. The van der Waals surface area contributed by atoms with Crippen molar-refractivity contribution in [3.63, 3.8) is 0 Å². The smallest absolute Gasteiger partial charge is 0.220 e. The highest BCUT2D eigenvalue weighted by atomic mass is 127. The Morgan fingerprint density at radius 2 is 1.96 bits per heavy atom. The third-order valence-corrected chi connectivity index (χ3v) is 5.87. The van der Waals surface area contributed by atoms with E-state index >= 15 is 0 Å². The first kappa shape index (κ1) is 21.7. The summed E-state index contributed by atoms with van der Waals surface area (Å²) in [4.78, 5) is 21.6. The van der Waals surface area contributed by atoms with Gasteiger partial charge in [-0.3, -0.25) is 9.79 Å². The number of carbonyl (C=O) groups excluding carboxylic acids is 1. The molecule has 3 heterocycles. The van der Waals surface area contributed by atoms with Crippen LogP contribution in [0.1, 0.15) is 51.9 Å². The van der Waals surface area contributed by atoms with Crippen molar-refractivity contribution in [2.24, 2.45) is 10.4 Å². The molecule has 150 valence electrons. The summed E-state index contributed by atoms with van der Waals surface area (Å²) in [6.45, 7) is 10.2. The first-order valence-electron chi connectivity index (χ1n) is 10.2. The van der Waals surface area contributed by atoms with Crippen LogP contribution in [0.15, 0.2) is 4.99 Å². The second-order valence-electron chi connectivity index (χ2n) is 7.97. The van der Waals surface area contributed by atoms with Gasteiger partial charge >= 0.3 is 0 Å². The van der Waals surface area contributed by atoms with Crippen LogP contribution in [0.3, 0.4) is 0 Å². The Balaban J connectivity index is 0.00000243. The number of guanidine groups is 1. The predicted octanol–water partition coefficient (Wildman–Crippen LogP) is 2.05. The summed E-state index contributed by atoms with van der Waals surface area (Å²) in [5.74, 6) is 1.25. The van der Waals surface area contributed by atoms with Crippen LogP contribution in [0.4, 0.5) is 0 Å². The second kappa shape index (κ2) is 10.7. The second-order valence-corrected chi connectivity index (χ2v) is 7.97. The number of hydrogen-bond acceptors (Lipinski definition) is 3. The summed E-state index contributed by atoms with van der Waals surface area (Å²) < 4.78 is 0. The van der Waals surface area contributed by atoms with Crippen molar-refractivity contribution in [1.82, 2.24) is 20.4 Å². The molecule has 0 saturated carbocycles. The van der Waals surface area contributed by atoms with E-state index in [4.69, 9.17) is 4.99 Å². The average molecular weight is 477 g/mol. The van der Waals surface area contributed by atoms with Gasteiger partial charge in [0, 0.05) is 44.6 Å². The van der Waals surface area contributed by atoms with Crippen molar-refractivity contribution in [3.05, 3.63) is 0 Å². The van der Waals surface area contributed by atoms with E-state index in [0.29, 0.717) is 6.42 Å². The molecule has 0 bridgehead atoms. The van der Waals surface area contributed by atoms with E-state index in [2.05, 4.69) is 27.4 Å². The summed E-state index contributed by atoms with van der Waals surface area (Å²) >= 11 is 0. The molecule has 1 unspecified atom stereocenters. The number of rotatable bonds is 4. The lowest BCUT2D eigenvalue weighted by atomic mass is 9.79. The molecular weight excluding hydrogens is 441 g/mol. The molecule has 3 saturated heterocycles. The van der Waals surface area contributed by atoms with E-state index in [1.807, 2.05) is 0 Å². The summed E-state index contributed by atoms with van der Waals surface area (Å²) in [7, 11) is 0. The Morgan fingerprint density at radius 1 is 1.19 bits per heavy atom. The number of aliphatic imine (C=N–C) groups is 1. The van der Waals surface area contributed by atoms with Crippen molar-refractivity contribution in [2.45, 2.75) is 51.9 Å². The van der Waals surface area contributed by atoms with Gasteiger partial charge in [0.15, 0.2) is 5.96 Å². The van der Waals surface area contributed by atoms with Gasteiger partial charge < -0.3 is 20.4 Å². The number of nitrogens with zero attached hydrogens (tertiary/aromatic N) is 3. The highest BCUT2D eigenvalue weighted by Gasteiger charge is 2.42. The minimum absolute atomic E-state index is 0. The van der Waals surface area contributed by atoms with Gasteiger partial charge in [-0.05, 0) is 45.7 Å². The molecule has 0 radical (unpaired) electrons. The number of likely N-dealkylation sites (tertiary alicyclic amines) is 2. The minimum atomic E-state index is 0. The maximum absolute atomic E-state index is 11.7. The largest absolute Gasteiger partial charge is 0.357 e. The topological polar surface area (TPSA) is 60.0 Å². The number of hydrogen-bond donors (Lipinski definition) is 2. The fourth-order valence-electron chi connectivity index (χ4n) is 4.51. The van der Waals surface area contributed by atoms with Crippen LogP contribution in [0.5, 0.6) is 0 Å². The van der Waals surface area contributed by atoms with Crippen molar-refractivity contribution < 1.29 is 4.79 Å². The third-order valence-electron chi connectivity index (χ3n) is 5.87. The van der Waals surface area contributed by atoms with Crippen LogP contribution >= 0.6 is 24.0 Å². The maximum Gasteiger partial charge on any atom is 0.220 e. The lowest BCUT2D eigenvalue weighted by Crippen LogP contribution is -2.51. The van der Waals surface area contributed by atoms with Crippen LogP contribution in [0.2, 0.25) is 0 Å². The summed E-state index contributed by atoms with van der Waals surface area (Å²) in [6.07, 6.45) is 8.40. The number of nitrogens with one attached hydrogen (secondary N) is 2. The predicted molar refractivity (Wildman–Crippen MR) is 117 cm³/mol. The average Bonchev–Trinajstić information content (AvgIpc) is 2.81. The van der Waals surface area contributed by atoms with Gasteiger partial charge in [0.05, 0.1) is 6.54 Å². The Hall–Kier alpha value is -0.570. The van der Waals surface area contributed by atoms with Gasteiger partial charge in [0.2, 0.25) is 5.91 Å². The molecule has 3 rings (SSSR count). The Kier molecular flexibility index (Phi) is 8.93. The number of carbonyl (C=O) groups is 1. The molecule has 1 amide bonds. The highest BCUT2D eigenvalue weighted by molar-refractivity contribution is 14.0. The van der Waals surface area contributed by atoms with E-state index in [0.717, 1.165) is 58.1 Å². The van der Waals surface area contributed by atoms with Gasteiger partial charge in [-0.1, -0.05) is 12.8 Å². The molecule has 3 fully saturated rings. The lowest BCUT2D eigenvalue weighted by molar-refractivity contribution is -0.119. The molecule has 1 spiro atoms. The Labute approximate surface area is 175 Å². The molecule has 0 aromatic carbocycles. The number of halogens is 1. The van der Waals surface area contributed by atoms with E-state index in [-0.39, 0.29) is 35.3 Å². The Bertz CT molecular complexity index is 479. The Morgan fingerprint density at radius 3 is 2.62 bits per heavy atom. The third kappa shape index (κ3) is 5.97. The highest BCUT2D eigenvalue weighted by Crippen LogP contribution is 2.35. The maximum atomic E-state index is 11.7.